The zero-order valence-corrected chi connectivity index (χ0v) is 23.6. The van der Waals surface area contributed by atoms with Crippen LogP contribution in [-0.2, 0) is 14.3 Å². The van der Waals surface area contributed by atoms with E-state index in [1.807, 2.05) is 32.1 Å². The standard InChI is InChI=1S/C11H16O2.C11H16O.C6H6O.C5H10O/c1-11(12)6-7-13-10(8-11)9-4-2-3-5-9;1-9-6-7-12-11(8-9)10-4-2-3-5-10;7-5-6-3-1-2-4-6;1-5(2)3-4-6/h2-4,10,12H,5-8H2,1H3;2-4,9,11H,5-8H2,1H3;1-3,5H,4H2;6H,1,3-4H2,2H3/p+1/t;9-,11?;;/m.0../s1. The molecule has 38 heavy (non-hydrogen) atoms. The van der Waals surface area contributed by atoms with Gasteiger partial charge in [-0.3, -0.25) is 4.79 Å². The van der Waals surface area contributed by atoms with Crippen LogP contribution in [0, 0.1) is 5.92 Å². The Balaban J connectivity index is 0.000000271. The molecule has 0 spiro atoms. The predicted octanol–water partition coefficient (Wildman–Crippen LogP) is 6.62. The van der Waals surface area contributed by atoms with E-state index in [1.165, 1.54) is 24.0 Å². The molecule has 0 aromatic carbocycles. The van der Waals surface area contributed by atoms with Crippen LogP contribution in [0.15, 0.2) is 83.6 Å². The molecule has 0 amide bonds. The van der Waals surface area contributed by atoms with E-state index in [1.54, 1.807) is 0 Å². The minimum Gasteiger partial charge on any atom is -0.396 e. The molecule has 2 fully saturated rings. The average molecular weight is 526 g/mol. The summed E-state index contributed by atoms with van der Waals surface area (Å²) in [5, 5.41) is 18.1. The van der Waals surface area contributed by atoms with Gasteiger partial charge in [0.1, 0.15) is 6.29 Å². The molecule has 0 aromatic heterocycles. The summed E-state index contributed by atoms with van der Waals surface area (Å²) in [6, 6.07) is 0. The van der Waals surface area contributed by atoms with E-state index in [0.29, 0.717) is 12.7 Å². The van der Waals surface area contributed by atoms with Crippen molar-refractivity contribution >= 4 is 6.29 Å². The lowest BCUT2D eigenvalue weighted by molar-refractivity contribution is -0.104. The van der Waals surface area contributed by atoms with Gasteiger partial charge in [0, 0.05) is 19.6 Å². The highest BCUT2D eigenvalue weighted by molar-refractivity contribution is 5.75. The zero-order chi connectivity index (χ0) is 27.8. The van der Waals surface area contributed by atoms with Gasteiger partial charge in [-0.15, -0.1) is 6.58 Å². The molecule has 0 saturated carbocycles. The van der Waals surface area contributed by atoms with Crippen LogP contribution in [0.3, 0.4) is 0 Å². The van der Waals surface area contributed by atoms with Crippen molar-refractivity contribution in [2.45, 2.75) is 89.9 Å². The molecule has 2 aliphatic heterocycles. The van der Waals surface area contributed by atoms with Crippen LogP contribution in [0.4, 0.5) is 0 Å². The molecule has 2 N–H and O–H groups in total. The van der Waals surface area contributed by atoms with Crippen molar-refractivity contribution in [1.29, 1.82) is 0 Å². The first-order valence-corrected chi connectivity index (χ1v) is 14.0. The first-order chi connectivity index (χ1) is 18.2. The molecule has 4 atom stereocenters. The zero-order valence-electron chi connectivity index (χ0n) is 24.6. The van der Waals surface area contributed by atoms with Gasteiger partial charge < -0.3 is 19.7 Å². The third-order valence-corrected chi connectivity index (χ3v) is 7.05. The summed E-state index contributed by atoms with van der Waals surface area (Å²) < 4.78 is 11.4. The first-order valence-electron chi connectivity index (χ1n) is 14.0. The molecular weight excluding hydrogens is 476 g/mol. The smallest absolute Gasteiger partial charge is 0.396 e. The number of carbonyl (C=O) groups excluding carboxylic acids is 1. The molecule has 5 heteroatoms. The number of carbonyl (C=O) groups is 1. The van der Waals surface area contributed by atoms with Gasteiger partial charge in [0.05, 0.1) is 24.4 Å². The number of allylic oxidation sites excluding steroid dienone is 10. The normalized spacial score (nSPS) is 29.0. The molecule has 210 valence electrons. The van der Waals surface area contributed by atoms with Crippen molar-refractivity contribution < 1.29 is 25.9 Å². The maximum atomic E-state index is 9.90. The van der Waals surface area contributed by atoms with Crippen molar-refractivity contribution in [3.63, 3.8) is 0 Å². The molecular formula is C33H49O5+. The second-order valence-electron chi connectivity index (χ2n) is 11.0. The minimum absolute atomic E-state index is 0. The number of aldehydes is 1. The van der Waals surface area contributed by atoms with Crippen molar-refractivity contribution in [2.24, 2.45) is 5.92 Å². The van der Waals surface area contributed by atoms with Crippen molar-refractivity contribution in [1.82, 2.24) is 0 Å². The molecule has 3 unspecified atom stereocenters. The Bertz CT molecular complexity index is 938. The highest BCUT2D eigenvalue weighted by Gasteiger charge is 2.32. The number of aliphatic hydroxyl groups is 2. The topological polar surface area (TPSA) is 76.0 Å². The Morgan fingerprint density at radius 1 is 1.05 bits per heavy atom. The van der Waals surface area contributed by atoms with Crippen LogP contribution >= 0.6 is 0 Å². The van der Waals surface area contributed by atoms with Crippen LogP contribution < -0.4 is 0 Å². The molecule has 5 aliphatic rings. The van der Waals surface area contributed by atoms with E-state index in [0.717, 1.165) is 68.5 Å². The summed E-state index contributed by atoms with van der Waals surface area (Å²) in [6.07, 6.45) is 27.6. The third kappa shape index (κ3) is 12.5. The highest BCUT2D eigenvalue weighted by Crippen LogP contribution is 2.31. The lowest BCUT2D eigenvalue weighted by atomic mass is 9.89. The van der Waals surface area contributed by atoms with Gasteiger partial charge in [-0.05, 0) is 81.4 Å². The van der Waals surface area contributed by atoms with E-state index < -0.39 is 5.60 Å². The van der Waals surface area contributed by atoms with Crippen molar-refractivity contribution in [2.75, 3.05) is 19.8 Å². The van der Waals surface area contributed by atoms with Gasteiger partial charge in [-0.2, -0.15) is 0 Å². The van der Waals surface area contributed by atoms with Gasteiger partial charge in [0.2, 0.25) is 0 Å². The second-order valence-corrected chi connectivity index (χ2v) is 11.0. The van der Waals surface area contributed by atoms with Gasteiger partial charge >= 0.3 is 1.43 Å². The fraction of sp³-hybridized carbons (Fsp3) is 0.545. The molecule has 0 bridgehead atoms. The lowest BCUT2D eigenvalue weighted by Gasteiger charge is -2.34. The number of hydrogen-bond acceptors (Lipinski definition) is 5. The Kier molecular flexibility index (Phi) is 14.5. The summed E-state index contributed by atoms with van der Waals surface area (Å²) in [5.74, 6) is 0.838. The Morgan fingerprint density at radius 3 is 2.08 bits per heavy atom. The fourth-order valence-electron chi connectivity index (χ4n) is 4.59. The summed E-state index contributed by atoms with van der Waals surface area (Å²) >= 11 is 0. The Morgan fingerprint density at radius 2 is 1.66 bits per heavy atom. The first kappa shape index (κ1) is 31.9. The minimum atomic E-state index is -0.535. The van der Waals surface area contributed by atoms with E-state index in [4.69, 9.17) is 14.6 Å². The summed E-state index contributed by atoms with van der Waals surface area (Å²) in [7, 11) is 0. The molecule has 0 aromatic rings. The molecule has 5 rings (SSSR count). The second kappa shape index (κ2) is 17.3. The largest absolute Gasteiger partial charge is 1.00 e. The van der Waals surface area contributed by atoms with E-state index in [2.05, 4.69) is 50.0 Å². The number of hydrogen-bond donors (Lipinski definition) is 2. The number of ether oxygens (including phenoxy) is 2. The number of rotatable bonds is 5. The highest BCUT2D eigenvalue weighted by atomic mass is 16.5. The van der Waals surface area contributed by atoms with Crippen LogP contribution in [0.5, 0.6) is 0 Å². The number of aliphatic hydroxyl groups excluding tert-OH is 1. The summed E-state index contributed by atoms with van der Waals surface area (Å²) in [4.78, 5) is 9.90. The summed E-state index contributed by atoms with van der Waals surface area (Å²) in [5.41, 5.74) is 4.16. The van der Waals surface area contributed by atoms with E-state index in [-0.39, 0.29) is 14.1 Å². The quantitative estimate of drug-likeness (QED) is 0.312. The molecule has 5 nitrogen and oxygen atoms in total. The van der Waals surface area contributed by atoms with Gasteiger partial charge in [0.25, 0.3) is 0 Å². The maximum Gasteiger partial charge on any atom is 1.00 e. The average Bonchev–Trinajstić information content (AvgIpc) is 3.68. The third-order valence-electron chi connectivity index (χ3n) is 7.05. The van der Waals surface area contributed by atoms with Crippen molar-refractivity contribution in [3.8, 4) is 0 Å². The monoisotopic (exact) mass is 525 g/mol. The lowest BCUT2D eigenvalue weighted by Crippen LogP contribution is -2.38. The predicted molar refractivity (Wildman–Crippen MR) is 157 cm³/mol. The van der Waals surface area contributed by atoms with Crippen LogP contribution in [0.2, 0.25) is 0 Å². The van der Waals surface area contributed by atoms with Crippen molar-refractivity contribution in [3.05, 3.63) is 83.6 Å². The van der Waals surface area contributed by atoms with Crippen LogP contribution in [0.25, 0.3) is 0 Å². The van der Waals surface area contributed by atoms with Gasteiger partial charge in [0.15, 0.2) is 0 Å². The summed E-state index contributed by atoms with van der Waals surface area (Å²) in [6.45, 7) is 11.6. The molecule has 0 radical (unpaired) electrons. The fourth-order valence-corrected chi connectivity index (χ4v) is 4.59. The van der Waals surface area contributed by atoms with E-state index in [9.17, 15) is 9.90 Å². The molecule has 2 heterocycles. The molecule has 2 saturated heterocycles. The van der Waals surface area contributed by atoms with E-state index >= 15 is 0 Å². The van der Waals surface area contributed by atoms with Gasteiger partial charge in [-0.1, -0.05) is 67.2 Å². The maximum absolute atomic E-state index is 9.90. The SMILES string of the molecule is C=C(C)CCO.CC1(O)CCOC(C2=CC=CC2)C1.C[C@H]1CCOC(C2=CC=CC2)C1.O=CC1=CC=CC1.[H+]. The van der Waals surface area contributed by atoms with Gasteiger partial charge in [-0.25, -0.2) is 0 Å². The van der Waals surface area contributed by atoms with Crippen LogP contribution in [0.1, 0.15) is 73.6 Å². The van der Waals surface area contributed by atoms with Crippen LogP contribution in [-0.4, -0.2) is 54.1 Å². The Labute approximate surface area is 231 Å². The Hall–Kier alpha value is -2.31. The molecule has 3 aliphatic carbocycles.